The summed E-state index contributed by atoms with van der Waals surface area (Å²) in [5, 5.41) is 12.4. The van der Waals surface area contributed by atoms with Crippen molar-refractivity contribution in [1.29, 1.82) is 0 Å². The van der Waals surface area contributed by atoms with Crippen molar-refractivity contribution in [1.82, 2.24) is 15.0 Å². The average molecular weight is 241 g/mol. The van der Waals surface area contributed by atoms with Gasteiger partial charge < -0.3 is 14.4 Å². The molecule has 17 heavy (non-hydrogen) atoms. The predicted molar refractivity (Wildman–Crippen MR) is 56.4 cm³/mol. The Bertz CT molecular complexity index is 393. The molecule has 0 saturated carbocycles. The van der Waals surface area contributed by atoms with E-state index in [4.69, 9.17) is 14.4 Å². The van der Waals surface area contributed by atoms with E-state index in [1.54, 1.807) is 0 Å². The van der Waals surface area contributed by atoms with Gasteiger partial charge in [-0.15, -0.1) is 0 Å². The number of likely N-dealkylation sites (N-methyl/N-ethyl adjacent to an activating group) is 1. The Hall–Kier alpha value is -1.47. The number of carboxylic acid groups (broad SMARTS) is 1. The van der Waals surface area contributed by atoms with Crippen LogP contribution in [0.25, 0.3) is 0 Å². The fourth-order valence-corrected chi connectivity index (χ4v) is 1.75. The van der Waals surface area contributed by atoms with Gasteiger partial charge in [0.15, 0.2) is 0 Å². The molecule has 0 aliphatic carbocycles. The molecule has 2 heterocycles. The molecular formula is C10H15N3O4. The molecule has 1 aliphatic heterocycles. The van der Waals surface area contributed by atoms with Crippen LogP contribution in [0.1, 0.15) is 24.7 Å². The van der Waals surface area contributed by atoms with E-state index >= 15 is 0 Å². The summed E-state index contributed by atoms with van der Waals surface area (Å²) < 4.78 is 10.4. The first-order chi connectivity index (χ1) is 8.19. The van der Waals surface area contributed by atoms with E-state index in [-0.39, 0.29) is 18.4 Å². The third-order valence-electron chi connectivity index (χ3n) is 2.67. The number of hydrogen-bond acceptors (Lipinski definition) is 6. The van der Waals surface area contributed by atoms with E-state index in [1.165, 1.54) is 0 Å². The molecule has 0 aromatic carbocycles. The lowest BCUT2D eigenvalue weighted by molar-refractivity contribution is -0.136. The summed E-state index contributed by atoms with van der Waals surface area (Å²) in [5.74, 6) is -0.441. The first kappa shape index (κ1) is 12.0. The minimum Gasteiger partial charge on any atom is -0.481 e. The molecule has 1 atom stereocenters. The Balaban J connectivity index is 2.01. The molecule has 1 unspecified atom stereocenters. The molecule has 1 aromatic heterocycles. The van der Waals surface area contributed by atoms with Crippen LogP contribution in [0.15, 0.2) is 4.52 Å². The third-order valence-corrected chi connectivity index (χ3v) is 2.67. The zero-order valence-electron chi connectivity index (χ0n) is 9.63. The van der Waals surface area contributed by atoms with Gasteiger partial charge in [-0.1, -0.05) is 12.1 Å². The van der Waals surface area contributed by atoms with Gasteiger partial charge in [0.1, 0.15) is 12.5 Å². The highest BCUT2D eigenvalue weighted by atomic mass is 16.5. The lowest BCUT2D eigenvalue weighted by Crippen LogP contribution is -2.38. The molecule has 0 bridgehead atoms. The molecule has 7 nitrogen and oxygen atoms in total. The van der Waals surface area contributed by atoms with Crippen LogP contribution in [-0.4, -0.2) is 52.4 Å². The molecule has 0 spiro atoms. The van der Waals surface area contributed by atoms with E-state index in [9.17, 15) is 4.79 Å². The molecule has 1 N–H and O–H groups in total. The highest BCUT2D eigenvalue weighted by Crippen LogP contribution is 2.19. The second-order valence-corrected chi connectivity index (χ2v) is 3.87. The van der Waals surface area contributed by atoms with Crippen LogP contribution < -0.4 is 0 Å². The number of morpholine rings is 1. The third kappa shape index (κ3) is 3.01. The Labute approximate surface area is 98.4 Å². The number of aliphatic carboxylic acids is 1. The topological polar surface area (TPSA) is 88.7 Å². The van der Waals surface area contributed by atoms with Crippen LogP contribution in [0, 0.1) is 0 Å². The van der Waals surface area contributed by atoms with E-state index < -0.39 is 5.97 Å². The monoisotopic (exact) mass is 241 g/mol. The molecule has 94 valence electrons. The Morgan fingerprint density at radius 1 is 1.65 bits per heavy atom. The molecule has 2 rings (SSSR count). The molecule has 1 aromatic rings. The second kappa shape index (κ2) is 5.24. The number of aromatic nitrogens is 2. The van der Waals surface area contributed by atoms with E-state index in [2.05, 4.69) is 22.0 Å². The number of rotatable bonds is 4. The molecule has 0 radical (unpaired) electrons. The van der Waals surface area contributed by atoms with Crippen molar-refractivity contribution < 1.29 is 19.2 Å². The van der Waals surface area contributed by atoms with Crippen molar-refractivity contribution in [3.05, 3.63) is 11.7 Å². The van der Waals surface area contributed by atoms with Gasteiger partial charge in [0.2, 0.25) is 11.7 Å². The average Bonchev–Trinajstić information content (AvgIpc) is 2.77. The van der Waals surface area contributed by atoms with E-state index in [1.807, 2.05) is 0 Å². The molecule has 1 aliphatic rings. The number of carboxylic acids is 1. The number of ether oxygens (including phenoxy) is 1. The fraction of sp³-hybridized carbons (Fsp3) is 0.700. The van der Waals surface area contributed by atoms with E-state index in [0.29, 0.717) is 19.0 Å². The van der Waals surface area contributed by atoms with Gasteiger partial charge in [-0.2, -0.15) is 4.98 Å². The standard InChI is InChI=1S/C10H15N3O4/c1-2-13-3-4-16-7(6-13)10-11-8(17-12-10)5-9(14)15/h7H,2-6H2,1H3,(H,14,15). The van der Waals surface area contributed by atoms with Gasteiger partial charge in [0.05, 0.1) is 6.61 Å². The SMILES string of the molecule is CCN1CCOC(c2noc(CC(=O)O)n2)C1. The second-order valence-electron chi connectivity index (χ2n) is 3.87. The van der Waals surface area contributed by atoms with Gasteiger partial charge in [-0.3, -0.25) is 9.69 Å². The summed E-state index contributed by atoms with van der Waals surface area (Å²) in [6.07, 6.45) is -0.480. The number of hydrogen-bond donors (Lipinski definition) is 1. The van der Waals surface area contributed by atoms with Crippen molar-refractivity contribution in [3.63, 3.8) is 0 Å². The van der Waals surface area contributed by atoms with Gasteiger partial charge in [-0.25, -0.2) is 0 Å². The normalized spacial score (nSPS) is 21.6. The summed E-state index contributed by atoms with van der Waals surface area (Å²) in [7, 11) is 0. The Kier molecular flexibility index (Phi) is 3.70. The summed E-state index contributed by atoms with van der Waals surface area (Å²) in [5.41, 5.74) is 0. The van der Waals surface area contributed by atoms with E-state index in [0.717, 1.165) is 13.1 Å². The maximum absolute atomic E-state index is 10.5. The largest absolute Gasteiger partial charge is 0.481 e. The summed E-state index contributed by atoms with van der Waals surface area (Å²) in [4.78, 5) is 16.7. The predicted octanol–water partition coefficient (Wildman–Crippen LogP) is 0.0899. The van der Waals surface area contributed by atoms with Gasteiger partial charge >= 0.3 is 5.97 Å². The number of nitrogens with zero attached hydrogens (tertiary/aromatic N) is 3. The van der Waals surface area contributed by atoms with Crippen molar-refractivity contribution in [3.8, 4) is 0 Å². The van der Waals surface area contributed by atoms with Crippen LogP contribution in [0.2, 0.25) is 0 Å². The van der Waals surface area contributed by atoms with Crippen LogP contribution in [0.5, 0.6) is 0 Å². The zero-order chi connectivity index (χ0) is 12.3. The van der Waals surface area contributed by atoms with Crippen LogP contribution in [-0.2, 0) is 16.0 Å². The first-order valence-corrected chi connectivity index (χ1v) is 5.57. The minimum atomic E-state index is -0.986. The number of carbonyl (C=O) groups is 1. The first-order valence-electron chi connectivity index (χ1n) is 5.57. The smallest absolute Gasteiger partial charge is 0.312 e. The van der Waals surface area contributed by atoms with Gasteiger partial charge in [0.25, 0.3) is 0 Å². The van der Waals surface area contributed by atoms with Crippen molar-refractivity contribution in [2.24, 2.45) is 0 Å². The molecule has 7 heteroatoms. The van der Waals surface area contributed by atoms with Crippen molar-refractivity contribution >= 4 is 5.97 Å². The highest BCUT2D eigenvalue weighted by Gasteiger charge is 2.25. The Morgan fingerprint density at radius 3 is 3.18 bits per heavy atom. The fourth-order valence-electron chi connectivity index (χ4n) is 1.75. The molecule has 0 amide bonds. The van der Waals surface area contributed by atoms with Crippen LogP contribution >= 0.6 is 0 Å². The van der Waals surface area contributed by atoms with Crippen LogP contribution in [0.4, 0.5) is 0 Å². The summed E-state index contributed by atoms with van der Waals surface area (Å²) in [6.45, 7) is 5.25. The highest BCUT2D eigenvalue weighted by molar-refractivity contribution is 5.68. The quantitative estimate of drug-likeness (QED) is 0.799. The molecule has 1 fully saturated rings. The van der Waals surface area contributed by atoms with Crippen molar-refractivity contribution in [2.75, 3.05) is 26.2 Å². The summed E-state index contributed by atoms with van der Waals surface area (Å²) >= 11 is 0. The molecular weight excluding hydrogens is 226 g/mol. The molecule has 1 saturated heterocycles. The maximum Gasteiger partial charge on any atom is 0.312 e. The summed E-state index contributed by atoms with van der Waals surface area (Å²) in [6, 6.07) is 0. The van der Waals surface area contributed by atoms with Gasteiger partial charge in [-0.05, 0) is 6.54 Å². The zero-order valence-corrected chi connectivity index (χ0v) is 9.63. The van der Waals surface area contributed by atoms with Crippen molar-refractivity contribution in [2.45, 2.75) is 19.4 Å². The Morgan fingerprint density at radius 2 is 2.47 bits per heavy atom. The lowest BCUT2D eigenvalue weighted by Gasteiger charge is -2.30. The minimum absolute atomic E-state index is 0.115. The van der Waals surface area contributed by atoms with Crippen LogP contribution in [0.3, 0.4) is 0 Å². The lowest BCUT2D eigenvalue weighted by atomic mass is 10.2. The van der Waals surface area contributed by atoms with Gasteiger partial charge in [0, 0.05) is 13.1 Å². The maximum atomic E-state index is 10.5.